The number of rotatable bonds is 13. The van der Waals surface area contributed by atoms with Gasteiger partial charge in [0.25, 0.3) is 5.91 Å². The topological polar surface area (TPSA) is 155 Å². The quantitative estimate of drug-likeness (QED) is 0.248. The number of carboxylic acids is 2. The van der Waals surface area contributed by atoms with E-state index in [0.717, 1.165) is 15.1 Å². The van der Waals surface area contributed by atoms with E-state index in [0.29, 0.717) is 25.8 Å². The molecule has 1 heterocycles. The van der Waals surface area contributed by atoms with Crippen molar-refractivity contribution >= 4 is 17.8 Å². The van der Waals surface area contributed by atoms with Gasteiger partial charge in [-0.25, -0.2) is 14.6 Å². The van der Waals surface area contributed by atoms with Crippen LogP contribution in [0.3, 0.4) is 0 Å². The van der Waals surface area contributed by atoms with Crippen LogP contribution in [-0.2, 0) is 11.2 Å². The van der Waals surface area contributed by atoms with Crippen molar-refractivity contribution in [1.29, 1.82) is 0 Å². The number of unbranched alkanes of at least 4 members (excludes halogenated alkanes) is 1. The summed E-state index contributed by atoms with van der Waals surface area (Å²) in [6.07, 6.45) is 2.77. The first kappa shape index (κ1) is 23.7. The summed E-state index contributed by atoms with van der Waals surface area (Å²) < 4.78 is 0.906. The lowest BCUT2D eigenvalue weighted by atomic mass is 10.0. The largest absolute Gasteiger partial charge is 0.480 e. The fourth-order valence-corrected chi connectivity index (χ4v) is 3.41. The molecule has 0 spiro atoms. The van der Waals surface area contributed by atoms with Crippen LogP contribution in [0.15, 0.2) is 53.9 Å². The maximum Gasteiger partial charge on any atom is 0.352 e. The second-order valence-electron chi connectivity index (χ2n) is 7.05. The fraction of sp³-hybridized carbons (Fsp3) is 0.381. The van der Waals surface area contributed by atoms with Gasteiger partial charge in [-0.05, 0) is 56.3 Å². The van der Waals surface area contributed by atoms with Crippen molar-refractivity contribution < 1.29 is 24.6 Å². The van der Waals surface area contributed by atoms with Crippen molar-refractivity contribution in [2.75, 3.05) is 6.54 Å². The summed E-state index contributed by atoms with van der Waals surface area (Å²) in [5.74, 6) is -3.34. The van der Waals surface area contributed by atoms with E-state index >= 15 is 0 Å². The number of benzene rings is 1. The van der Waals surface area contributed by atoms with Crippen LogP contribution in [0.4, 0.5) is 0 Å². The number of nitrogens with two attached hydrogens (primary N) is 1. The Morgan fingerprint density at radius 1 is 1.00 bits per heavy atom. The van der Waals surface area contributed by atoms with Crippen LogP contribution in [0, 0.1) is 4.91 Å². The Labute approximate surface area is 179 Å². The Morgan fingerprint density at radius 3 is 2.29 bits per heavy atom. The predicted molar refractivity (Wildman–Crippen MR) is 113 cm³/mol. The molecule has 0 aliphatic rings. The fourth-order valence-electron chi connectivity index (χ4n) is 3.41. The van der Waals surface area contributed by atoms with Gasteiger partial charge in [0.15, 0.2) is 0 Å². The molecule has 0 radical (unpaired) electrons. The highest BCUT2D eigenvalue weighted by Gasteiger charge is 2.37. The number of hydrogen-bond acceptors (Lipinski definition) is 6. The zero-order valence-electron chi connectivity index (χ0n) is 17.0. The first-order chi connectivity index (χ1) is 14.9. The molecular formula is C21H26N4O6. The molecule has 1 aromatic carbocycles. The smallest absolute Gasteiger partial charge is 0.352 e. The normalized spacial score (nSPS) is 12.7. The summed E-state index contributed by atoms with van der Waals surface area (Å²) in [7, 11) is 0. The lowest BCUT2D eigenvalue weighted by Crippen LogP contribution is -2.49. The number of carbonyl (C=O) groups excluding carboxylic acids is 1. The third-order valence-electron chi connectivity index (χ3n) is 4.99. The van der Waals surface area contributed by atoms with Crippen LogP contribution in [0.2, 0.25) is 0 Å². The molecule has 2 rings (SSSR count). The van der Waals surface area contributed by atoms with Crippen molar-refractivity contribution in [1.82, 2.24) is 9.58 Å². The van der Waals surface area contributed by atoms with Gasteiger partial charge in [0, 0.05) is 6.20 Å². The number of aryl methyl sites for hydroxylation is 1. The summed E-state index contributed by atoms with van der Waals surface area (Å²) in [6.45, 7) is 0.357. The molecule has 2 aromatic rings. The first-order valence-electron chi connectivity index (χ1n) is 9.94. The van der Waals surface area contributed by atoms with Crippen molar-refractivity contribution in [3.63, 3.8) is 0 Å². The van der Waals surface area contributed by atoms with Gasteiger partial charge in [-0.15, -0.1) is 4.91 Å². The van der Waals surface area contributed by atoms with E-state index in [1.807, 2.05) is 30.3 Å². The standard InChI is InChI=1S/C21H26N4O6/c22-13-5-4-9-16(19(26)24-14-6-10-17(24)20(27)28)25(23-31)18(21(29)30)12-11-15-7-2-1-3-8-15/h1-3,6-8,10,14,16,18H,4-5,9,11-13,22H2,(H,27,28)(H,29,30)/t16-,18-/m0/s1. The SMILES string of the molecule is NCCCC[C@@H](C(=O)n1cccc1C(=O)O)N(N=O)[C@@H](CCc1ccccc1)C(=O)O. The zero-order chi connectivity index (χ0) is 22.8. The third-order valence-corrected chi connectivity index (χ3v) is 4.99. The monoisotopic (exact) mass is 430 g/mol. The summed E-state index contributed by atoms with van der Waals surface area (Å²) in [4.78, 5) is 48.3. The highest BCUT2D eigenvalue weighted by Crippen LogP contribution is 2.20. The molecule has 0 aliphatic carbocycles. The molecule has 10 heteroatoms. The third kappa shape index (κ3) is 6.22. The minimum absolute atomic E-state index is 0.0449. The zero-order valence-corrected chi connectivity index (χ0v) is 17.0. The average Bonchev–Trinajstić information content (AvgIpc) is 3.25. The summed E-state index contributed by atoms with van der Waals surface area (Å²) in [6, 6.07) is 9.18. The Bertz CT molecular complexity index is 898. The summed E-state index contributed by atoms with van der Waals surface area (Å²) in [5.41, 5.74) is 6.11. The van der Waals surface area contributed by atoms with Crippen LogP contribution < -0.4 is 5.73 Å². The van der Waals surface area contributed by atoms with Crippen molar-refractivity contribution in [3.8, 4) is 0 Å². The van der Waals surface area contributed by atoms with Gasteiger partial charge in [0.1, 0.15) is 17.8 Å². The van der Waals surface area contributed by atoms with Gasteiger partial charge in [0.05, 0.1) is 5.29 Å². The van der Waals surface area contributed by atoms with Crippen LogP contribution in [-0.4, -0.2) is 56.3 Å². The maximum atomic E-state index is 13.2. The van der Waals surface area contributed by atoms with E-state index in [4.69, 9.17) is 5.73 Å². The molecule has 31 heavy (non-hydrogen) atoms. The van der Waals surface area contributed by atoms with Gasteiger partial charge >= 0.3 is 11.9 Å². The number of nitroso groups, excluding NO2 is 1. The number of nitrogens with zero attached hydrogens (tertiary/aromatic N) is 3. The molecule has 0 unspecified atom stereocenters. The molecule has 0 aliphatic heterocycles. The van der Waals surface area contributed by atoms with Gasteiger partial charge in [-0.3, -0.25) is 9.36 Å². The molecule has 1 aromatic heterocycles. The van der Waals surface area contributed by atoms with E-state index in [2.05, 4.69) is 5.29 Å². The van der Waals surface area contributed by atoms with Gasteiger partial charge < -0.3 is 15.9 Å². The van der Waals surface area contributed by atoms with Gasteiger partial charge in [-0.2, -0.15) is 0 Å². The second-order valence-corrected chi connectivity index (χ2v) is 7.05. The maximum absolute atomic E-state index is 13.2. The number of carboxylic acid groups (broad SMARTS) is 2. The number of hydrogen-bond donors (Lipinski definition) is 3. The highest BCUT2D eigenvalue weighted by molar-refractivity contribution is 5.94. The van der Waals surface area contributed by atoms with E-state index in [-0.39, 0.29) is 18.5 Å². The molecule has 0 saturated heterocycles. The molecule has 2 atom stereocenters. The first-order valence-corrected chi connectivity index (χ1v) is 9.94. The van der Waals surface area contributed by atoms with Gasteiger partial charge in [-0.1, -0.05) is 30.3 Å². The van der Waals surface area contributed by atoms with E-state index in [1.165, 1.54) is 18.3 Å². The summed E-state index contributed by atoms with van der Waals surface area (Å²) >= 11 is 0. The molecule has 166 valence electrons. The summed E-state index contributed by atoms with van der Waals surface area (Å²) in [5, 5.41) is 22.7. The minimum Gasteiger partial charge on any atom is -0.480 e. The van der Waals surface area contributed by atoms with Crippen LogP contribution in [0.5, 0.6) is 0 Å². The van der Waals surface area contributed by atoms with Crippen molar-refractivity contribution in [3.05, 3.63) is 64.8 Å². The molecule has 0 bridgehead atoms. The van der Waals surface area contributed by atoms with Crippen LogP contribution >= 0.6 is 0 Å². The lowest BCUT2D eigenvalue weighted by Gasteiger charge is -2.30. The predicted octanol–water partition coefficient (Wildman–Crippen LogP) is 2.39. The van der Waals surface area contributed by atoms with E-state index in [1.54, 1.807) is 0 Å². The Balaban J connectivity index is 2.33. The second kappa shape index (κ2) is 11.6. The molecular weight excluding hydrogens is 404 g/mol. The number of aromatic carboxylic acids is 1. The van der Waals surface area contributed by atoms with Crippen molar-refractivity contribution in [2.45, 2.75) is 44.2 Å². The molecule has 4 N–H and O–H groups in total. The Kier molecular flexibility index (Phi) is 8.89. The Morgan fingerprint density at radius 2 is 1.71 bits per heavy atom. The average molecular weight is 430 g/mol. The number of carbonyl (C=O) groups is 3. The molecule has 0 fully saturated rings. The van der Waals surface area contributed by atoms with E-state index in [9.17, 15) is 29.5 Å². The van der Waals surface area contributed by atoms with Gasteiger partial charge in [0.2, 0.25) is 0 Å². The number of aliphatic carboxylic acids is 1. The van der Waals surface area contributed by atoms with Crippen LogP contribution in [0.25, 0.3) is 0 Å². The van der Waals surface area contributed by atoms with Crippen molar-refractivity contribution in [2.24, 2.45) is 11.0 Å². The Hall–Kier alpha value is -3.53. The minimum atomic E-state index is -1.35. The molecule has 10 nitrogen and oxygen atoms in total. The molecule has 0 amide bonds. The lowest BCUT2D eigenvalue weighted by molar-refractivity contribution is -0.144. The van der Waals surface area contributed by atoms with E-state index < -0.39 is 29.9 Å². The van der Waals surface area contributed by atoms with Crippen LogP contribution in [0.1, 0.15) is 46.5 Å². The molecule has 0 saturated carbocycles. The highest BCUT2D eigenvalue weighted by atomic mass is 16.4. The number of aromatic nitrogens is 1.